The van der Waals surface area contributed by atoms with Crippen LogP contribution in [0.4, 0.5) is 0 Å². The van der Waals surface area contributed by atoms with Gasteiger partial charge in [-0.2, -0.15) is 0 Å². The fourth-order valence-electron chi connectivity index (χ4n) is 2.24. The van der Waals surface area contributed by atoms with Crippen molar-refractivity contribution < 1.29 is 10.2 Å². The van der Waals surface area contributed by atoms with Gasteiger partial charge in [-0.15, -0.1) is 0 Å². The highest BCUT2D eigenvalue weighted by Crippen LogP contribution is 2.33. The Labute approximate surface area is 99.4 Å². The van der Waals surface area contributed by atoms with Crippen LogP contribution in [0.25, 0.3) is 0 Å². The number of rotatable bonds is 8. The molecule has 4 heteroatoms. The molecule has 0 heterocycles. The normalized spacial score (nSPS) is 16.5. The molecule has 0 aliphatic heterocycles. The van der Waals surface area contributed by atoms with E-state index in [1.807, 2.05) is 13.8 Å². The molecule has 0 saturated heterocycles. The van der Waals surface area contributed by atoms with E-state index in [0.717, 1.165) is 13.1 Å². The summed E-state index contributed by atoms with van der Waals surface area (Å²) in [7, 11) is 0. The van der Waals surface area contributed by atoms with Crippen LogP contribution in [0.2, 0.25) is 0 Å². The molecule has 0 saturated carbocycles. The molecule has 0 bridgehead atoms. The molecule has 0 rings (SSSR count). The van der Waals surface area contributed by atoms with Crippen LogP contribution in [0.1, 0.15) is 40.5 Å². The number of likely N-dealkylation sites (N-methyl/N-ethyl adjacent to an activating group) is 1. The molecule has 0 radical (unpaired) electrons. The first-order valence-corrected chi connectivity index (χ1v) is 6.32. The van der Waals surface area contributed by atoms with Gasteiger partial charge in [0.15, 0.2) is 0 Å². The minimum absolute atomic E-state index is 0.572. The van der Waals surface area contributed by atoms with Gasteiger partial charge < -0.3 is 20.8 Å². The molecule has 0 amide bonds. The summed E-state index contributed by atoms with van der Waals surface area (Å²) in [4.78, 5) is 2.15. The Kier molecular flexibility index (Phi) is 7.15. The molecule has 4 nitrogen and oxygen atoms in total. The largest absolute Gasteiger partial charge is 0.391 e. The quantitative estimate of drug-likeness (QED) is 0.541. The summed E-state index contributed by atoms with van der Waals surface area (Å²) < 4.78 is 0. The lowest BCUT2D eigenvalue weighted by Gasteiger charge is -2.40. The number of aliphatic hydroxyl groups is 2. The Morgan fingerprint density at radius 2 is 1.50 bits per heavy atom. The molecule has 98 valence electrons. The lowest BCUT2D eigenvalue weighted by atomic mass is 9.75. The molecule has 16 heavy (non-hydrogen) atoms. The zero-order valence-electron chi connectivity index (χ0n) is 11.1. The zero-order valence-corrected chi connectivity index (χ0v) is 11.1. The molecule has 0 spiro atoms. The van der Waals surface area contributed by atoms with Gasteiger partial charge in [0.05, 0.1) is 6.10 Å². The summed E-state index contributed by atoms with van der Waals surface area (Å²) >= 11 is 0. The third-order valence-corrected chi connectivity index (χ3v) is 3.89. The van der Waals surface area contributed by atoms with Crippen molar-refractivity contribution in [3.63, 3.8) is 0 Å². The SMILES string of the molecule is CCN(CC)CC(O)C(CC)(CC)C(N)O. The smallest absolute Gasteiger partial charge is 0.110 e. The lowest BCUT2D eigenvalue weighted by molar-refractivity contribution is -0.0836. The van der Waals surface area contributed by atoms with Gasteiger partial charge >= 0.3 is 0 Å². The second kappa shape index (κ2) is 7.22. The topological polar surface area (TPSA) is 69.7 Å². The predicted octanol–water partition coefficient (Wildman–Crippen LogP) is 0.773. The highest BCUT2D eigenvalue weighted by atomic mass is 16.3. The van der Waals surface area contributed by atoms with Gasteiger partial charge in [0, 0.05) is 12.0 Å². The predicted molar refractivity (Wildman–Crippen MR) is 67.0 cm³/mol. The molecule has 2 unspecified atom stereocenters. The number of nitrogens with zero attached hydrogens (tertiary/aromatic N) is 1. The summed E-state index contributed by atoms with van der Waals surface area (Å²) in [5, 5.41) is 20.0. The third-order valence-electron chi connectivity index (χ3n) is 3.89. The van der Waals surface area contributed by atoms with Crippen molar-refractivity contribution in [3.05, 3.63) is 0 Å². The lowest BCUT2D eigenvalue weighted by Crippen LogP contribution is -2.53. The number of nitrogens with two attached hydrogens (primary N) is 1. The molecule has 0 aromatic rings. The van der Waals surface area contributed by atoms with Crippen molar-refractivity contribution in [1.29, 1.82) is 0 Å². The van der Waals surface area contributed by atoms with E-state index in [4.69, 9.17) is 5.73 Å². The first kappa shape index (κ1) is 15.8. The Bertz CT molecular complexity index is 178. The van der Waals surface area contributed by atoms with Crippen molar-refractivity contribution >= 4 is 0 Å². The molecule has 0 aliphatic rings. The van der Waals surface area contributed by atoms with Crippen molar-refractivity contribution in [2.24, 2.45) is 11.1 Å². The highest BCUT2D eigenvalue weighted by molar-refractivity contribution is 4.89. The summed E-state index contributed by atoms with van der Waals surface area (Å²) in [5.74, 6) is 0. The number of aliphatic hydroxyl groups excluding tert-OH is 2. The zero-order chi connectivity index (χ0) is 12.8. The van der Waals surface area contributed by atoms with Gasteiger partial charge in [0.2, 0.25) is 0 Å². The minimum atomic E-state index is -0.965. The average molecular weight is 232 g/mol. The van der Waals surface area contributed by atoms with Crippen LogP contribution >= 0.6 is 0 Å². The summed E-state index contributed by atoms with van der Waals surface area (Å²) in [6.45, 7) is 10.4. The summed E-state index contributed by atoms with van der Waals surface area (Å²) in [6, 6.07) is 0. The Morgan fingerprint density at radius 3 is 1.75 bits per heavy atom. The molecule has 0 aliphatic carbocycles. The number of hydrogen-bond acceptors (Lipinski definition) is 4. The van der Waals surface area contributed by atoms with Crippen LogP contribution in [-0.2, 0) is 0 Å². The van der Waals surface area contributed by atoms with E-state index in [0.29, 0.717) is 19.4 Å². The molecular weight excluding hydrogens is 204 g/mol. The van der Waals surface area contributed by atoms with E-state index >= 15 is 0 Å². The first-order valence-electron chi connectivity index (χ1n) is 6.32. The standard InChI is InChI=1S/C12H28N2O2/c1-5-12(6-2,11(13)16)10(15)9-14(7-3)8-4/h10-11,15-16H,5-9,13H2,1-4H3. The maximum atomic E-state index is 10.3. The van der Waals surface area contributed by atoms with Crippen molar-refractivity contribution in [2.45, 2.75) is 52.9 Å². The van der Waals surface area contributed by atoms with Gasteiger partial charge in [0.1, 0.15) is 6.23 Å². The number of hydrogen-bond donors (Lipinski definition) is 3. The minimum Gasteiger partial charge on any atom is -0.391 e. The molecule has 4 N–H and O–H groups in total. The average Bonchev–Trinajstić information content (AvgIpc) is 2.27. The van der Waals surface area contributed by atoms with E-state index in [1.165, 1.54) is 0 Å². The van der Waals surface area contributed by atoms with Crippen molar-refractivity contribution in [3.8, 4) is 0 Å². The van der Waals surface area contributed by atoms with Crippen molar-refractivity contribution in [1.82, 2.24) is 4.90 Å². The van der Waals surface area contributed by atoms with Gasteiger partial charge in [-0.3, -0.25) is 0 Å². The van der Waals surface area contributed by atoms with Gasteiger partial charge in [-0.25, -0.2) is 0 Å². The van der Waals surface area contributed by atoms with Gasteiger partial charge in [-0.1, -0.05) is 27.7 Å². The van der Waals surface area contributed by atoms with E-state index in [-0.39, 0.29) is 0 Å². The van der Waals surface area contributed by atoms with E-state index in [2.05, 4.69) is 18.7 Å². The Balaban J connectivity index is 4.67. The first-order chi connectivity index (χ1) is 7.48. The highest BCUT2D eigenvalue weighted by Gasteiger charge is 2.40. The maximum Gasteiger partial charge on any atom is 0.110 e. The third kappa shape index (κ3) is 3.42. The molecule has 0 aromatic carbocycles. The van der Waals surface area contributed by atoms with Crippen LogP contribution in [-0.4, -0.2) is 47.1 Å². The van der Waals surface area contributed by atoms with Crippen LogP contribution in [0.3, 0.4) is 0 Å². The Morgan fingerprint density at radius 1 is 1.06 bits per heavy atom. The van der Waals surface area contributed by atoms with Crippen LogP contribution < -0.4 is 5.73 Å². The fourth-order valence-corrected chi connectivity index (χ4v) is 2.24. The van der Waals surface area contributed by atoms with E-state index in [1.54, 1.807) is 0 Å². The summed E-state index contributed by atoms with van der Waals surface area (Å²) in [6.07, 6.45) is -0.178. The maximum absolute atomic E-state index is 10.3. The van der Waals surface area contributed by atoms with E-state index < -0.39 is 17.7 Å². The molecule has 0 aromatic heterocycles. The Hall–Kier alpha value is -0.160. The van der Waals surface area contributed by atoms with Crippen LogP contribution in [0.15, 0.2) is 0 Å². The fraction of sp³-hybridized carbons (Fsp3) is 1.00. The van der Waals surface area contributed by atoms with Crippen LogP contribution in [0, 0.1) is 5.41 Å². The van der Waals surface area contributed by atoms with Crippen molar-refractivity contribution in [2.75, 3.05) is 19.6 Å². The van der Waals surface area contributed by atoms with Gasteiger partial charge in [-0.05, 0) is 25.9 Å². The molecular formula is C12H28N2O2. The van der Waals surface area contributed by atoms with Crippen LogP contribution in [0.5, 0.6) is 0 Å². The van der Waals surface area contributed by atoms with E-state index in [9.17, 15) is 10.2 Å². The monoisotopic (exact) mass is 232 g/mol. The molecule has 0 fully saturated rings. The summed E-state index contributed by atoms with van der Waals surface area (Å²) in [5.41, 5.74) is 5.05. The molecule has 2 atom stereocenters. The van der Waals surface area contributed by atoms with Gasteiger partial charge in [0.25, 0.3) is 0 Å². The second-order valence-electron chi connectivity index (χ2n) is 4.39. The second-order valence-corrected chi connectivity index (χ2v) is 4.39.